The zero-order valence-corrected chi connectivity index (χ0v) is 7.02. The van der Waals surface area contributed by atoms with E-state index in [2.05, 4.69) is 4.98 Å². The molecule has 0 saturated carbocycles. The fourth-order valence-electron chi connectivity index (χ4n) is 0.589. The third kappa shape index (κ3) is 1.44. The van der Waals surface area contributed by atoms with Crippen molar-refractivity contribution in [1.29, 1.82) is 0 Å². The molecule has 4 N–H and O–H groups in total. The molecule has 0 aliphatic heterocycles. The van der Waals surface area contributed by atoms with Crippen molar-refractivity contribution in [3.63, 3.8) is 0 Å². The topological polar surface area (TPSA) is 64.1 Å². The molecule has 3 nitrogen and oxygen atoms in total. The van der Waals surface area contributed by atoms with Crippen LogP contribution in [-0.4, -0.2) is 4.98 Å². The Hall–Kier alpha value is -0.650. The van der Waals surface area contributed by atoms with Gasteiger partial charge in [-0.05, 0) is 12.1 Å². The van der Waals surface area contributed by atoms with Crippen LogP contribution in [0.15, 0.2) is 18.3 Å². The molecule has 0 radical (unpaired) electrons. The SMILES string of the molecule is [NH2+]=Pc1cccnc1P=[NH2+]. The van der Waals surface area contributed by atoms with E-state index < -0.39 is 0 Å². The first-order valence-corrected chi connectivity index (χ1v) is 4.58. The minimum absolute atomic E-state index is 0.680. The van der Waals surface area contributed by atoms with Crippen molar-refractivity contribution in [2.75, 3.05) is 0 Å². The summed E-state index contributed by atoms with van der Waals surface area (Å²) in [5.41, 5.74) is 0.853. The largest absolute Gasteiger partial charge is 0.264 e. The van der Waals surface area contributed by atoms with Gasteiger partial charge in [-0.1, -0.05) is 0 Å². The summed E-state index contributed by atoms with van der Waals surface area (Å²) in [7, 11) is 1.41. The molecule has 1 aromatic rings. The minimum atomic E-state index is 0.680. The second-order valence-corrected chi connectivity index (χ2v) is 3.03. The van der Waals surface area contributed by atoms with Crippen molar-refractivity contribution >= 4 is 27.5 Å². The molecular weight excluding hydrogens is 164 g/mol. The molecule has 0 aliphatic carbocycles. The molecule has 0 saturated heterocycles. The first-order chi connectivity index (χ1) is 4.88. The summed E-state index contributed by atoms with van der Waals surface area (Å²) in [6.07, 6.45) is 1.71. The first kappa shape index (κ1) is 7.46. The molecule has 0 atom stereocenters. The summed E-state index contributed by atoms with van der Waals surface area (Å²) in [6.45, 7) is 0. The van der Waals surface area contributed by atoms with Gasteiger partial charge in [0.1, 0.15) is 5.30 Å². The third-order valence-corrected chi connectivity index (χ3v) is 2.44. The zero-order chi connectivity index (χ0) is 7.40. The highest BCUT2D eigenvalue weighted by Gasteiger charge is 2.02. The number of hydrogen-bond donors (Lipinski definition) is 2. The molecule has 1 rings (SSSR count). The van der Waals surface area contributed by atoms with Crippen LogP contribution >= 0.6 is 16.7 Å². The molecule has 1 heterocycles. The van der Waals surface area contributed by atoms with Gasteiger partial charge in [-0.25, -0.2) is 15.3 Å². The molecule has 1 aromatic heterocycles. The van der Waals surface area contributed by atoms with Crippen LogP contribution in [0.4, 0.5) is 0 Å². The predicted octanol–water partition coefficient (Wildman–Crippen LogP) is -1.89. The van der Waals surface area contributed by atoms with Crippen LogP contribution in [0.5, 0.6) is 0 Å². The highest BCUT2D eigenvalue weighted by molar-refractivity contribution is 7.41. The van der Waals surface area contributed by atoms with Crippen molar-refractivity contribution in [2.45, 2.75) is 0 Å². The minimum Gasteiger partial charge on any atom is -0.245 e. The summed E-state index contributed by atoms with van der Waals surface area (Å²) in [4.78, 5) is 4.04. The lowest BCUT2D eigenvalue weighted by Crippen LogP contribution is -2.30. The Balaban J connectivity index is 3.20. The van der Waals surface area contributed by atoms with E-state index in [1.807, 2.05) is 12.1 Å². The van der Waals surface area contributed by atoms with Crippen LogP contribution in [0.1, 0.15) is 0 Å². The molecule has 0 unspecified atom stereocenters. The molecule has 0 aromatic carbocycles. The van der Waals surface area contributed by atoms with Gasteiger partial charge in [-0.15, -0.1) is 0 Å². The second-order valence-electron chi connectivity index (χ2n) is 1.60. The van der Waals surface area contributed by atoms with Gasteiger partial charge >= 0.3 is 0 Å². The van der Waals surface area contributed by atoms with Crippen molar-refractivity contribution in [3.05, 3.63) is 18.3 Å². The van der Waals surface area contributed by atoms with Crippen LogP contribution in [0, 0.1) is 0 Å². The van der Waals surface area contributed by atoms with Crippen LogP contribution in [-0.2, 0) is 0 Å². The maximum atomic E-state index is 5.40. The number of nitrogens with zero attached hydrogens (tertiary/aromatic N) is 1. The lowest BCUT2D eigenvalue weighted by Gasteiger charge is -1.86. The maximum absolute atomic E-state index is 5.40. The highest BCUT2D eigenvalue weighted by atomic mass is 31.1. The average Bonchev–Trinajstić information content (AvgIpc) is 2.04. The Bertz CT molecular complexity index is 234. The second kappa shape index (κ2) is 3.50. The molecule has 0 fully saturated rings. The molecule has 0 bridgehead atoms. The Morgan fingerprint density at radius 2 is 2.10 bits per heavy atom. The number of aromatic nitrogens is 1. The van der Waals surface area contributed by atoms with Gasteiger partial charge in [-0.2, -0.15) is 0 Å². The van der Waals surface area contributed by atoms with Gasteiger partial charge in [0.15, 0.2) is 5.44 Å². The van der Waals surface area contributed by atoms with E-state index in [4.69, 9.17) is 10.3 Å². The van der Waals surface area contributed by atoms with E-state index in [0.29, 0.717) is 8.37 Å². The smallest absolute Gasteiger partial charge is 0.245 e. The summed E-state index contributed by atoms with van der Waals surface area (Å²) in [6, 6.07) is 3.77. The fourth-order valence-corrected chi connectivity index (χ4v) is 1.62. The van der Waals surface area contributed by atoms with Gasteiger partial charge in [0, 0.05) is 6.20 Å². The molecule has 10 heavy (non-hydrogen) atoms. The molecular formula is C5H7N3P2+2. The lowest BCUT2D eigenvalue weighted by molar-refractivity contribution is -0.0758. The summed E-state index contributed by atoms with van der Waals surface area (Å²) >= 11 is 0. The van der Waals surface area contributed by atoms with Gasteiger partial charge in [0.2, 0.25) is 8.37 Å². The third-order valence-electron chi connectivity index (χ3n) is 1.03. The highest BCUT2D eigenvalue weighted by Crippen LogP contribution is 1.91. The van der Waals surface area contributed by atoms with Crippen molar-refractivity contribution in [3.8, 4) is 0 Å². The van der Waals surface area contributed by atoms with E-state index in [1.54, 1.807) is 6.20 Å². The normalized spacial score (nSPS) is 10.4. The summed E-state index contributed by atoms with van der Waals surface area (Å²) in [5, 5.41) is 11.8. The standard InChI is InChI=1S/C5H5N3P2/c6-9-4-2-1-3-8-5(4)10-7/h1-3,6-7H/p+2. The van der Waals surface area contributed by atoms with E-state index in [-0.39, 0.29) is 0 Å². The van der Waals surface area contributed by atoms with E-state index in [1.165, 1.54) is 0 Å². The number of rotatable bonds is 2. The zero-order valence-electron chi connectivity index (χ0n) is 5.23. The van der Waals surface area contributed by atoms with Crippen LogP contribution in [0.2, 0.25) is 0 Å². The molecule has 0 spiro atoms. The molecule has 50 valence electrons. The summed E-state index contributed by atoms with van der Waals surface area (Å²) in [5.74, 6) is 0. The quantitative estimate of drug-likeness (QED) is 0.502. The van der Waals surface area contributed by atoms with Crippen molar-refractivity contribution < 1.29 is 10.3 Å². The van der Waals surface area contributed by atoms with Gasteiger partial charge in [0.25, 0.3) is 8.37 Å². The number of nitrogens with two attached hydrogens (primary N) is 2. The maximum Gasteiger partial charge on any atom is 0.264 e. The average molecular weight is 171 g/mol. The Labute approximate surface area is 61.9 Å². The van der Waals surface area contributed by atoms with Gasteiger partial charge < -0.3 is 0 Å². The van der Waals surface area contributed by atoms with Crippen LogP contribution in [0.3, 0.4) is 0 Å². The monoisotopic (exact) mass is 171 g/mol. The van der Waals surface area contributed by atoms with Gasteiger partial charge in [0.05, 0.1) is 0 Å². The van der Waals surface area contributed by atoms with E-state index >= 15 is 0 Å². The van der Waals surface area contributed by atoms with E-state index in [0.717, 1.165) is 19.1 Å². The number of pyridine rings is 1. The summed E-state index contributed by atoms with van der Waals surface area (Å²) < 4.78 is 0. The van der Waals surface area contributed by atoms with Crippen molar-refractivity contribution in [1.82, 2.24) is 4.98 Å². The van der Waals surface area contributed by atoms with Crippen LogP contribution < -0.4 is 21.1 Å². The fraction of sp³-hybridized carbons (Fsp3) is 0. The van der Waals surface area contributed by atoms with Gasteiger partial charge in [-0.3, -0.25) is 0 Å². The van der Waals surface area contributed by atoms with Crippen LogP contribution in [0.25, 0.3) is 0 Å². The van der Waals surface area contributed by atoms with Crippen molar-refractivity contribution in [2.24, 2.45) is 0 Å². The number of hydrogen-bond acceptors (Lipinski definition) is 1. The lowest BCUT2D eigenvalue weighted by atomic mass is 10.5. The van der Waals surface area contributed by atoms with E-state index in [9.17, 15) is 0 Å². The Kier molecular flexibility index (Phi) is 2.61. The molecule has 5 heteroatoms. The predicted molar refractivity (Wildman–Crippen MR) is 41.2 cm³/mol. The molecule has 0 amide bonds. The Morgan fingerprint density at radius 3 is 2.60 bits per heavy atom. The first-order valence-electron chi connectivity index (χ1n) is 2.65. The Morgan fingerprint density at radius 1 is 1.30 bits per heavy atom. The molecule has 0 aliphatic rings.